The molecule has 0 spiro atoms. The highest BCUT2D eigenvalue weighted by molar-refractivity contribution is 6.02. The smallest absolute Gasteiger partial charge is 0.150 e. The standard InChI is InChI=1S/C13H18N4O.CH4O/c1-16-4-6-17(7-5-16)13(15)11-8-10(9-18)2-3-12(11)14;1-2/h2-3,8-9,15H,4-7,14H2,1H3;2H,1H3. The molecule has 1 heterocycles. The van der Waals surface area contributed by atoms with Gasteiger partial charge in [0.2, 0.25) is 0 Å². The van der Waals surface area contributed by atoms with Crippen molar-refractivity contribution in [3.8, 4) is 0 Å². The Morgan fingerprint density at radius 1 is 1.30 bits per heavy atom. The number of rotatable bonds is 2. The summed E-state index contributed by atoms with van der Waals surface area (Å²) in [7, 11) is 3.07. The summed E-state index contributed by atoms with van der Waals surface area (Å²) in [4.78, 5) is 15.0. The molecule has 20 heavy (non-hydrogen) atoms. The number of aldehydes is 1. The number of nitrogens with one attached hydrogen (secondary N) is 1. The molecular weight excluding hydrogens is 256 g/mol. The molecule has 1 aromatic carbocycles. The van der Waals surface area contributed by atoms with Crippen LogP contribution in [0.4, 0.5) is 5.69 Å². The molecule has 0 radical (unpaired) electrons. The van der Waals surface area contributed by atoms with E-state index in [2.05, 4.69) is 11.9 Å². The molecule has 1 saturated heterocycles. The monoisotopic (exact) mass is 278 g/mol. The first-order valence-corrected chi connectivity index (χ1v) is 6.43. The second-order valence-corrected chi connectivity index (χ2v) is 4.60. The number of nitrogens with zero attached hydrogens (tertiary/aromatic N) is 2. The zero-order valence-electron chi connectivity index (χ0n) is 12.0. The van der Waals surface area contributed by atoms with E-state index in [1.165, 1.54) is 0 Å². The van der Waals surface area contributed by atoms with Gasteiger partial charge in [0.15, 0.2) is 0 Å². The predicted molar refractivity (Wildman–Crippen MR) is 80.3 cm³/mol. The Balaban J connectivity index is 0.000000956. The first-order valence-electron chi connectivity index (χ1n) is 6.43. The maximum absolute atomic E-state index is 10.8. The summed E-state index contributed by atoms with van der Waals surface area (Å²) in [5.74, 6) is 0.407. The van der Waals surface area contributed by atoms with Crippen LogP contribution >= 0.6 is 0 Å². The number of aliphatic hydroxyl groups excluding tert-OH is 1. The van der Waals surface area contributed by atoms with Crippen molar-refractivity contribution in [1.29, 1.82) is 5.41 Å². The number of carbonyl (C=O) groups excluding carboxylic acids is 1. The molecule has 0 saturated carbocycles. The molecule has 6 nitrogen and oxygen atoms in total. The van der Waals surface area contributed by atoms with Crippen LogP contribution in [-0.4, -0.2) is 67.4 Å². The van der Waals surface area contributed by atoms with Gasteiger partial charge in [0.1, 0.15) is 12.1 Å². The fraction of sp³-hybridized carbons (Fsp3) is 0.429. The number of benzene rings is 1. The Hall–Kier alpha value is -1.92. The Morgan fingerprint density at radius 3 is 2.45 bits per heavy atom. The number of piperazine rings is 1. The maximum Gasteiger partial charge on any atom is 0.150 e. The van der Waals surface area contributed by atoms with Gasteiger partial charge in [-0.2, -0.15) is 0 Å². The van der Waals surface area contributed by atoms with Gasteiger partial charge in [0, 0.05) is 50.1 Å². The SMILES string of the molecule is CN1CCN(C(=N)c2cc(C=O)ccc2N)CC1.CO. The van der Waals surface area contributed by atoms with E-state index in [0.29, 0.717) is 22.6 Å². The lowest BCUT2D eigenvalue weighted by Crippen LogP contribution is -2.47. The van der Waals surface area contributed by atoms with Gasteiger partial charge in [-0.1, -0.05) is 0 Å². The van der Waals surface area contributed by atoms with Gasteiger partial charge >= 0.3 is 0 Å². The number of anilines is 1. The van der Waals surface area contributed by atoms with Crippen LogP contribution in [0.25, 0.3) is 0 Å². The number of nitrogen functional groups attached to an aromatic ring is 1. The van der Waals surface area contributed by atoms with Crippen LogP contribution in [0.2, 0.25) is 0 Å². The van der Waals surface area contributed by atoms with Crippen LogP contribution < -0.4 is 5.73 Å². The van der Waals surface area contributed by atoms with E-state index in [1.807, 2.05) is 4.90 Å². The van der Waals surface area contributed by atoms with E-state index in [4.69, 9.17) is 16.2 Å². The third-order valence-corrected chi connectivity index (χ3v) is 3.29. The van der Waals surface area contributed by atoms with Crippen molar-refractivity contribution in [2.24, 2.45) is 0 Å². The first kappa shape index (κ1) is 16.1. The van der Waals surface area contributed by atoms with Crippen molar-refractivity contribution < 1.29 is 9.90 Å². The molecule has 0 amide bonds. The molecule has 0 aromatic heterocycles. The maximum atomic E-state index is 10.8. The van der Waals surface area contributed by atoms with Crippen LogP contribution in [0.15, 0.2) is 18.2 Å². The largest absolute Gasteiger partial charge is 0.400 e. The Kier molecular flexibility index (Phi) is 6.14. The summed E-state index contributed by atoms with van der Waals surface area (Å²) in [5.41, 5.74) is 7.63. The minimum absolute atomic E-state index is 0.407. The average molecular weight is 278 g/mol. The highest BCUT2D eigenvalue weighted by Gasteiger charge is 2.19. The second-order valence-electron chi connectivity index (χ2n) is 4.60. The fourth-order valence-corrected chi connectivity index (χ4v) is 2.05. The fourth-order valence-electron chi connectivity index (χ4n) is 2.05. The van der Waals surface area contributed by atoms with Gasteiger partial charge in [-0.05, 0) is 25.2 Å². The predicted octanol–water partition coefficient (Wildman–Crippen LogP) is 0.263. The number of amidine groups is 1. The van der Waals surface area contributed by atoms with Gasteiger partial charge in [0.25, 0.3) is 0 Å². The molecule has 0 bridgehead atoms. The number of likely N-dealkylation sites (N-methyl/N-ethyl adjacent to an activating group) is 1. The molecule has 0 atom stereocenters. The van der Waals surface area contributed by atoms with E-state index >= 15 is 0 Å². The van der Waals surface area contributed by atoms with Crippen molar-refractivity contribution in [2.45, 2.75) is 0 Å². The summed E-state index contributed by atoms with van der Waals surface area (Å²) >= 11 is 0. The third kappa shape index (κ3) is 3.79. The number of hydrogen-bond acceptors (Lipinski definition) is 5. The van der Waals surface area contributed by atoms with Crippen molar-refractivity contribution in [3.63, 3.8) is 0 Å². The quantitative estimate of drug-likeness (QED) is 0.312. The molecule has 0 aliphatic carbocycles. The molecule has 1 aromatic rings. The molecule has 110 valence electrons. The van der Waals surface area contributed by atoms with Crippen LogP contribution in [0, 0.1) is 5.41 Å². The molecule has 2 rings (SSSR count). The normalized spacial score (nSPS) is 15.2. The average Bonchev–Trinajstić information content (AvgIpc) is 2.50. The summed E-state index contributed by atoms with van der Waals surface area (Å²) in [5, 5.41) is 15.2. The topological polar surface area (TPSA) is 93.7 Å². The summed E-state index contributed by atoms with van der Waals surface area (Å²) in [6.45, 7) is 3.52. The zero-order valence-corrected chi connectivity index (χ0v) is 12.0. The second kappa shape index (κ2) is 7.62. The van der Waals surface area contributed by atoms with Crippen LogP contribution in [0.1, 0.15) is 15.9 Å². The van der Waals surface area contributed by atoms with E-state index in [0.717, 1.165) is 39.6 Å². The number of nitrogens with two attached hydrogens (primary N) is 1. The van der Waals surface area contributed by atoms with E-state index in [-0.39, 0.29) is 0 Å². The van der Waals surface area contributed by atoms with Crippen LogP contribution in [0.5, 0.6) is 0 Å². The minimum Gasteiger partial charge on any atom is -0.400 e. The van der Waals surface area contributed by atoms with Crippen LogP contribution in [-0.2, 0) is 0 Å². The number of carbonyl (C=O) groups is 1. The molecule has 4 N–H and O–H groups in total. The summed E-state index contributed by atoms with van der Waals surface area (Å²) in [6.07, 6.45) is 0.778. The van der Waals surface area contributed by atoms with Gasteiger partial charge in [-0.15, -0.1) is 0 Å². The molecule has 0 unspecified atom stereocenters. The Morgan fingerprint density at radius 2 is 1.90 bits per heavy atom. The summed E-state index contributed by atoms with van der Waals surface area (Å²) < 4.78 is 0. The van der Waals surface area contributed by atoms with Gasteiger partial charge < -0.3 is 20.6 Å². The Bertz CT molecular complexity index is 468. The molecule has 6 heteroatoms. The third-order valence-electron chi connectivity index (χ3n) is 3.29. The van der Waals surface area contributed by atoms with Gasteiger partial charge in [-0.3, -0.25) is 10.2 Å². The van der Waals surface area contributed by atoms with Crippen molar-refractivity contribution in [2.75, 3.05) is 46.1 Å². The number of aliphatic hydroxyl groups is 1. The van der Waals surface area contributed by atoms with Crippen LogP contribution in [0.3, 0.4) is 0 Å². The molecule has 1 aliphatic heterocycles. The molecule has 1 fully saturated rings. The summed E-state index contributed by atoms with van der Waals surface area (Å²) in [6, 6.07) is 5.04. The van der Waals surface area contributed by atoms with E-state index < -0.39 is 0 Å². The van der Waals surface area contributed by atoms with E-state index in [9.17, 15) is 4.79 Å². The van der Waals surface area contributed by atoms with E-state index in [1.54, 1.807) is 18.2 Å². The Labute approximate surface area is 119 Å². The van der Waals surface area contributed by atoms with Gasteiger partial charge in [0.05, 0.1) is 0 Å². The van der Waals surface area contributed by atoms with Gasteiger partial charge in [-0.25, -0.2) is 0 Å². The van der Waals surface area contributed by atoms with Crippen molar-refractivity contribution in [1.82, 2.24) is 9.80 Å². The zero-order chi connectivity index (χ0) is 15.1. The molecule has 1 aliphatic rings. The highest BCUT2D eigenvalue weighted by Crippen LogP contribution is 2.16. The number of hydrogen-bond donors (Lipinski definition) is 3. The van der Waals surface area contributed by atoms with Crippen molar-refractivity contribution in [3.05, 3.63) is 29.3 Å². The minimum atomic E-state index is 0.407. The lowest BCUT2D eigenvalue weighted by Gasteiger charge is -2.34. The lowest BCUT2D eigenvalue weighted by atomic mass is 10.1. The molecular formula is C14H22N4O2. The van der Waals surface area contributed by atoms with Crippen molar-refractivity contribution >= 4 is 17.8 Å². The highest BCUT2D eigenvalue weighted by atomic mass is 16.2. The lowest BCUT2D eigenvalue weighted by molar-refractivity contribution is 0.112. The first-order chi connectivity index (χ1) is 9.61.